The third-order valence-electron chi connectivity index (χ3n) is 2.94. The summed E-state index contributed by atoms with van der Waals surface area (Å²) in [7, 11) is 0. The van der Waals surface area contributed by atoms with Gasteiger partial charge in [-0.15, -0.1) is 11.8 Å². The van der Waals surface area contributed by atoms with Gasteiger partial charge in [0.2, 0.25) is 5.91 Å². The van der Waals surface area contributed by atoms with Crippen molar-refractivity contribution < 1.29 is 19.5 Å². The van der Waals surface area contributed by atoms with Crippen LogP contribution in [0.25, 0.3) is 0 Å². The molecule has 0 saturated carbocycles. The Balaban J connectivity index is 2.75. The Kier molecular flexibility index (Phi) is 6.19. The molecule has 3 unspecified atom stereocenters. The second-order valence-electron chi connectivity index (χ2n) is 4.50. The topological polar surface area (TPSA) is 74.7 Å². The zero-order chi connectivity index (χ0) is 14.6. The van der Waals surface area contributed by atoms with E-state index in [1.165, 1.54) is 23.6 Å². The van der Waals surface area contributed by atoms with Crippen LogP contribution >= 0.6 is 23.5 Å². The quantitative estimate of drug-likeness (QED) is 0.833. The van der Waals surface area contributed by atoms with E-state index in [0.717, 1.165) is 18.2 Å². The molecule has 0 aromatic carbocycles. The number of amides is 1. The van der Waals surface area contributed by atoms with E-state index < -0.39 is 12.0 Å². The minimum atomic E-state index is -0.955. The van der Waals surface area contributed by atoms with Crippen molar-refractivity contribution in [3.8, 4) is 0 Å². The number of rotatable bonds is 5. The van der Waals surface area contributed by atoms with Crippen LogP contribution in [-0.4, -0.2) is 49.9 Å². The largest absolute Gasteiger partial charge is 0.480 e. The van der Waals surface area contributed by atoms with E-state index >= 15 is 0 Å². The second kappa shape index (κ2) is 7.19. The number of carbonyl (C=O) groups is 3. The second-order valence-corrected chi connectivity index (χ2v) is 6.91. The van der Waals surface area contributed by atoms with Crippen LogP contribution in [0.15, 0.2) is 0 Å². The molecule has 1 heterocycles. The highest BCUT2D eigenvalue weighted by molar-refractivity contribution is 8.13. The summed E-state index contributed by atoms with van der Waals surface area (Å²) in [5.41, 5.74) is 0. The lowest BCUT2D eigenvalue weighted by Gasteiger charge is -2.29. The van der Waals surface area contributed by atoms with Gasteiger partial charge < -0.3 is 10.0 Å². The van der Waals surface area contributed by atoms with Crippen molar-refractivity contribution in [1.82, 2.24) is 4.90 Å². The summed E-state index contributed by atoms with van der Waals surface area (Å²) in [6.45, 7) is 5.15. The molecule has 0 radical (unpaired) electrons. The van der Waals surface area contributed by atoms with Gasteiger partial charge in [-0.2, -0.15) is 0 Å². The first-order valence-electron chi connectivity index (χ1n) is 6.18. The van der Waals surface area contributed by atoms with Gasteiger partial charge in [0.15, 0.2) is 5.12 Å². The first kappa shape index (κ1) is 16.4. The first-order valence-corrected chi connectivity index (χ1v) is 8.21. The lowest BCUT2D eigenvalue weighted by atomic mass is 10.1. The van der Waals surface area contributed by atoms with Crippen LogP contribution in [0.3, 0.4) is 0 Å². The average molecular weight is 305 g/mol. The summed E-state index contributed by atoms with van der Waals surface area (Å²) in [5.74, 6) is -0.630. The predicted octanol–water partition coefficient (Wildman–Crippen LogP) is 1.67. The van der Waals surface area contributed by atoms with Crippen molar-refractivity contribution in [3.63, 3.8) is 0 Å². The number of carboxylic acid groups (broad SMARTS) is 1. The monoisotopic (exact) mass is 305 g/mol. The Labute approximate surface area is 121 Å². The number of hydrogen-bond donors (Lipinski definition) is 1. The molecule has 108 valence electrons. The number of carbonyl (C=O) groups excluding carboxylic acids is 2. The Morgan fingerprint density at radius 3 is 2.58 bits per heavy atom. The molecule has 0 aromatic rings. The fraction of sp³-hybridized carbons (Fsp3) is 0.750. The number of hydrogen-bond acceptors (Lipinski definition) is 5. The maximum atomic E-state index is 12.4. The Bertz CT molecular complexity index is 375. The van der Waals surface area contributed by atoms with Crippen molar-refractivity contribution in [1.29, 1.82) is 0 Å². The van der Waals surface area contributed by atoms with Crippen LogP contribution in [0.2, 0.25) is 0 Å². The Hall–Kier alpha value is -0.690. The van der Waals surface area contributed by atoms with Crippen LogP contribution in [0.5, 0.6) is 0 Å². The standard InChI is InChI=1S/C12H19NO4S2/c1-4-10-13(9(6-19-10)12(16)17)11(15)7(2)5-18-8(3)14/h7,9-10H,4-6H2,1-3H3,(H,16,17). The highest BCUT2D eigenvalue weighted by atomic mass is 32.2. The predicted molar refractivity (Wildman–Crippen MR) is 77.1 cm³/mol. The molecular formula is C12H19NO4S2. The fourth-order valence-corrected chi connectivity index (χ4v) is 3.91. The molecule has 0 aromatic heterocycles. The van der Waals surface area contributed by atoms with E-state index in [1.807, 2.05) is 6.92 Å². The van der Waals surface area contributed by atoms with Crippen LogP contribution in [0.1, 0.15) is 27.2 Å². The smallest absolute Gasteiger partial charge is 0.327 e. The molecule has 1 aliphatic heterocycles. The van der Waals surface area contributed by atoms with Gasteiger partial charge in [0.25, 0.3) is 0 Å². The minimum Gasteiger partial charge on any atom is -0.480 e. The van der Waals surface area contributed by atoms with Gasteiger partial charge in [-0.1, -0.05) is 25.6 Å². The number of carboxylic acids is 1. The number of aliphatic carboxylic acids is 1. The summed E-state index contributed by atoms with van der Waals surface area (Å²) in [6.07, 6.45) is 0.729. The lowest BCUT2D eigenvalue weighted by Crippen LogP contribution is -2.48. The number of nitrogens with zero attached hydrogens (tertiary/aromatic N) is 1. The van der Waals surface area contributed by atoms with Crippen molar-refractivity contribution >= 4 is 40.5 Å². The zero-order valence-electron chi connectivity index (χ0n) is 11.3. The molecule has 5 nitrogen and oxygen atoms in total. The SMILES string of the molecule is CCC1SCC(C(=O)O)N1C(=O)C(C)CSC(C)=O. The molecule has 0 aliphatic carbocycles. The summed E-state index contributed by atoms with van der Waals surface area (Å²) in [4.78, 5) is 36.0. The summed E-state index contributed by atoms with van der Waals surface area (Å²) >= 11 is 2.61. The molecule has 1 fully saturated rings. The van der Waals surface area contributed by atoms with Gasteiger partial charge in [-0.25, -0.2) is 4.79 Å². The molecule has 1 saturated heterocycles. The molecule has 7 heteroatoms. The van der Waals surface area contributed by atoms with Gasteiger partial charge in [-0.05, 0) is 6.42 Å². The summed E-state index contributed by atoms with van der Waals surface area (Å²) in [5, 5.41) is 9.08. The number of thioether (sulfide) groups is 2. The zero-order valence-corrected chi connectivity index (χ0v) is 12.9. The van der Waals surface area contributed by atoms with E-state index in [0.29, 0.717) is 11.5 Å². The molecule has 1 amide bonds. The van der Waals surface area contributed by atoms with E-state index in [2.05, 4.69) is 0 Å². The van der Waals surface area contributed by atoms with Crippen LogP contribution in [0.4, 0.5) is 0 Å². The van der Waals surface area contributed by atoms with Gasteiger partial charge >= 0.3 is 5.97 Å². The maximum absolute atomic E-state index is 12.4. The first-order chi connectivity index (χ1) is 8.88. The van der Waals surface area contributed by atoms with E-state index in [9.17, 15) is 19.5 Å². The fourth-order valence-electron chi connectivity index (χ4n) is 1.93. The Morgan fingerprint density at radius 1 is 1.47 bits per heavy atom. The molecule has 3 atom stereocenters. The van der Waals surface area contributed by atoms with E-state index in [1.54, 1.807) is 6.92 Å². The molecule has 1 rings (SSSR count). The molecule has 1 aliphatic rings. The molecular weight excluding hydrogens is 286 g/mol. The summed E-state index contributed by atoms with van der Waals surface area (Å²) in [6, 6.07) is -0.743. The Morgan fingerprint density at radius 2 is 2.11 bits per heavy atom. The van der Waals surface area contributed by atoms with Gasteiger partial charge in [0.05, 0.1) is 5.37 Å². The highest BCUT2D eigenvalue weighted by Crippen LogP contribution is 2.33. The van der Waals surface area contributed by atoms with Gasteiger partial charge in [-0.3, -0.25) is 9.59 Å². The molecule has 0 bridgehead atoms. The van der Waals surface area contributed by atoms with Crippen molar-refractivity contribution in [2.75, 3.05) is 11.5 Å². The molecule has 0 spiro atoms. The van der Waals surface area contributed by atoms with Crippen LogP contribution in [0, 0.1) is 5.92 Å². The van der Waals surface area contributed by atoms with E-state index in [-0.39, 0.29) is 22.3 Å². The molecule has 19 heavy (non-hydrogen) atoms. The maximum Gasteiger partial charge on any atom is 0.327 e. The van der Waals surface area contributed by atoms with Gasteiger partial charge in [0.1, 0.15) is 6.04 Å². The van der Waals surface area contributed by atoms with E-state index in [4.69, 9.17) is 0 Å². The van der Waals surface area contributed by atoms with Crippen molar-refractivity contribution in [2.24, 2.45) is 5.92 Å². The van der Waals surface area contributed by atoms with Crippen molar-refractivity contribution in [2.45, 2.75) is 38.6 Å². The molecule has 1 N–H and O–H groups in total. The third kappa shape index (κ3) is 4.14. The average Bonchev–Trinajstić information content (AvgIpc) is 2.78. The lowest BCUT2D eigenvalue weighted by molar-refractivity contribution is -0.150. The normalized spacial score (nSPS) is 24.3. The highest BCUT2D eigenvalue weighted by Gasteiger charge is 2.41. The third-order valence-corrected chi connectivity index (χ3v) is 5.47. The van der Waals surface area contributed by atoms with Crippen LogP contribution in [-0.2, 0) is 14.4 Å². The van der Waals surface area contributed by atoms with Gasteiger partial charge in [0, 0.05) is 24.3 Å². The van der Waals surface area contributed by atoms with Crippen LogP contribution < -0.4 is 0 Å². The summed E-state index contributed by atoms with van der Waals surface area (Å²) < 4.78 is 0. The minimum absolute atomic E-state index is 0.0303. The van der Waals surface area contributed by atoms with Crippen molar-refractivity contribution in [3.05, 3.63) is 0 Å².